The highest BCUT2D eigenvalue weighted by Crippen LogP contribution is 2.27. The summed E-state index contributed by atoms with van der Waals surface area (Å²) < 4.78 is 14.9. The maximum atomic E-state index is 13.0. The molecule has 136 valence electrons. The third-order valence-corrected chi connectivity index (χ3v) is 5.66. The Hall–Kier alpha value is -2.26. The van der Waals surface area contributed by atoms with Crippen LogP contribution in [0.15, 0.2) is 34.8 Å². The molecule has 0 aliphatic carbocycles. The van der Waals surface area contributed by atoms with Crippen molar-refractivity contribution in [3.8, 4) is 11.3 Å². The number of thioether (sulfide) groups is 1. The molecule has 1 amide bonds. The van der Waals surface area contributed by atoms with Gasteiger partial charge < -0.3 is 9.88 Å². The summed E-state index contributed by atoms with van der Waals surface area (Å²) in [6.45, 7) is 3.82. The van der Waals surface area contributed by atoms with Gasteiger partial charge in [0.15, 0.2) is 10.3 Å². The van der Waals surface area contributed by atoms with Gasteiger partial charge in [-0.25, -0.2) is 9.37 Å². The van der Waals surface area contributed by atoms with E-state index in [1.165, 1.54) is 35.2 Å². The average Bonchev–Trinajstić information content (AvgIpc) is 3.23. The SMILES string of the molecule is CCc1nnc(SC(C)C(=O)Nc2nc(-c3ccc(F)cc3)cs2)n1C. The molecule has 2 aromatic heterocycles. The lowest BCUT2D eigenvalue weighted by Gasteiger charge is -2.09. The first-order valence-corrected chi connectivity index (χ1v) is 9.81. The number of anilines is 1. The van der Waals surface area contributed by atoms with E-state index in [0.29, 0.717) is 16.0 Å². The number of benzene rings is 1. The van der Waals surface area contributed by atoms with Crippen molar-refractivity contribution in [1.29, 1.82) is 0 Å². The number of amides is 1. The number of carbonyl (C=O) groups excluding carboxylic acids is 1. The summed E-state index contributed by atoms with van der Waals surface area (Å²) in [5, 5.41) is 13.7. The van der Waals surface area contributed by atoms with Crippen molar-refractivity contribution in [2.75, 3.05) is 5.32 Å². The Labute approximate surface area is 158 Å². The maximum absolute atomic E-state index is 13.0. The Morgan fingerprint density at radius 3 is 2.73 bits per heavy atom. The molecular weight excluding hydrogens is 373 g/mol. The van der Waals surface area contributed by atoms with Crippen molar-refractivity contribution in [3.63, 3.8) is 0 Å². The van der Waals surface area contributed by atoms with Crippen LogP contribution in [-0.2, 0) is 18.3 Å². The lowest BCUT2D eigenvalue weighted by atomic mass is 10.2. The van der Waals surface area contributed by atoms with Crippen LogP contribution in [0.3, 0.4) is 0 Å². The lowest BCUT2D eigenvalue weighted by molar-refractivity contribution is -0.115. The van der Waals surface area contributed by atoms with E-state index in [0.717, 1.165) is 17.8 Å². The molecule has 2 heterocycles. The van der Waals surface area contributed by atoms with E-state index >= 15 is 0 Å². The maximum Gasteiger partial charge on any atom is 0.239 e. The summed E-state index contributed by atoms with van der Waals surface area (Å²) >= 11 is 2.68. The minimum atomic E-state index is -0.347. The summed E-state index contributed by atoms with van der Waals surface area (Å²) in [6.07, 6.45) is 0.788. The van der Waals surface area contributed by atoms with Crippen LogP contribution in [0.5, 0.6) is 0 Å². The van der Waals surface area contributed by atoms with Crippen LogP contribution in [0.25, 0.3) is 11.3 Å². The Morgan fingerprint density at radius 1 is 1.35 bits per heavy atom. The first-order valence-electron chi connectivity index (χ1n) is 8.05. The number of thiazole rings is 1. The Balaban J connectivity index is 1.64. The molecule has 1 unspecified atom stereocenters. The van der Waals surface area contributed by atoms with Gasteiger partial charge in [0.1, 0.15) is 11.6 Å². The Kier molecular flexibility index (Phi) is 5.67. The van der Waals surface area contributed by atoms with Crippen LogP contribution in [0.2, 0.25) is 0 Å². The molecule has 3 rings (SSSR count). The van der Waals surface area contributed by atoms with E-state index in [4.69, 9.17) is 0 Å². The number of hydrogen-bond acceptors (Lipinski definition) is 6. The minimum Gasteiger partial charge on any atom is -0.309 e. The molecule has 3 aromatic rings. The van der Waals surface area contributed by atoms with E-state index in [1.807, 2.05) is 30.8 Å². The molecule has 1 N–H and O–H groups in total. The number of carbonyl (C=O) groups is 1. The summed E-state index contributed by atoms with van der Waals surface area (Å²) in [5.41, 5.74) is 1.50. The topological polar surface area (TPSA) is 72.7 Å². The number of nitrogens with one attached hydrogen (secondary N) is 1. The molecule has 0 bridgehead atoms. The number of aromatic nitrogens is 4. The van der Waals surface area contributed by atoms with Crippen LogP contribution in [0.4, 0.5) is 9.52 Å². The molecule has 0 radical (unpaired) electrons. The first-order chi connectivity index (χ1) is 12.5. The summed E-state index contributed by atoms with van der Waals surface area (Å²) in [4.78, 5) is 16.8. The second-order valence-corrected chi connectivity index (χ2v) is 7.77. The largest absolute Gasteiger partial charge is 0.309 e. The van der Waals surface area contributed by atoms with Gasteiger partial charge in [-0.2, -0.15) is 0 Å². The Morgan fingerprint density at radius 2 is 2.08 bits per heavy atom. The number of halogens is 1. The zero-order valence-electron chi connectivity index (χ0n) is 14.6. The van der Waals surface area contributed by atoms with Gasteiger partial charge in [-0.15, -0.1) is 21.5 Å². The van der Waals surface area contributed by atoms with Crippen LogP contribution >= 0.6 is 23.1 Å². The number of hydrogen-bond donors (Lipinski definition) is 1. The molecule has 0 fully saturated rings. The predicted octanol–water partition coefficient (Wildman–Crippen LogP) is 3.76. The van der Waals surface area contributed by atoms with Crippen molar-refractivity contribution < 1.29 is 9.18 Å². The molecule has 1 atom stereocenters. The third-order valence-electron chi connectivity index (χ3n) is 3.77. The van der Waals surface area contributed by atoms with Gasteiger partial charge in [0.25, 0.3) is 0 Å². The molecule has 6 nitrogen and oxygen atoms in total. The monoisotopic (exact) mass is 391 g/mol. The molecule has 1 aromatic carbocycles. The highest BCUT2D eigenvalue weighted by molar-refractivity contribution is 8.00. The van der Waals surface area contributed by atoms with Crippen LogP contribution in [-0.4, -0.2) is 30.9 Å². The van der Waals surface area contributed by atoms with Crippen LogP contribution in [0, 0.1) is 5.82 Å². The quantitative estimate of drug-likeness (QED) is 0.648. The lowest BCUT2D eigenvalue weighted by Crippen LogP contribution is -2.22. The Bertz CT molecular complexity index is 906. The van der Waals surface area contributed by atoms with Gasteiger partial charge in [0.05, 0.1) is 10.9 Å². The highest BCUT2D eigenvalue weighted by atomic mass is 32.2. The second-order valence-electron chi connectivity index (χ2n) is 5.61. The standard InChI is InChI=1S/C17H18FN5OS2/c1-4-14-21-22-17(23(14)3)26-10(2)15(24)20-16-19-13(9-25-16)11-5-7-12(18)8-6-11/h5-10H,4H2,1-3H3,(H,19,20,24). The normalized spacial score (nSPS) is 12.2. The van der Waals surface area contributed by atoms with Gasteiger partial charge >= 0.3 is 0 Å². The van der Waals surface area contributed by atoms with Gasteiger partial charge in [-0.1, -0.05) is 18.7 Å². The highest BCUT2D eigenvalue weighted by Gasteiger charge is 2.19. The summed E-state index contributed by atoms with van der Waals surface area (Å²) in [6, 6.07) is 6.09. The third kappa shape index (κ3) is 4.10. The predicted molar refractivity (Wildman–Crippen MR) is 102 cm³/mol. The fourth-order valence-corrected chi connectivity index (χ4v) is 3.81. The van der Waals surface area contributed by atoms with Crippen molar-refractivity contribution in [2.45, 2.75) is 30.7 Å². The summed E-state index contributed by atoms with van der Waals surface area (Å²) in [5.74, 6) is 0.429. The van der Waals surface area contributed by atoms with E-state index in [9.17, 15) is 9.18 Å². The zero-order chi connectivity index (χ0) is 18.7. The fourth-order valence-electron chi connectivity index (χ4n) is 2.26. The van der Waals surface area contributed by atoms with Crippen LogP contribution < -0.4 is 5.32 Å². The van der Waals surface area contributed by atoms with Gasteiger partial charge in [-0.3, -0.25) is 4.79 Å². The summed E-state index contributed by atoms with van der Waals surface area (Å²) in [7, 11) is 1.89. The number of nitrogens with zero attached hydrogens (tertiary/aromatic N) is 4. The van der Waals surface area contributed by atoms with Gasteiger partial charge in [-0.05, 0) is 31.2 Å². The zero-order valence-corrected chi connectivity index (χ0v) is 16.2. The van der Waals surface area contributed by atoms with Crippen molar-refractivity contribution in [1.82, 2.24) is 19.7 Å². The minimum absolute atomic E-state index is 0.156. The molecular formula is C17H18FN5OS2. The molecule has 0 aliphatic heterocycles. The van der Waals surface area contributed by atoms with Gasteiger partial charge in [0, 0.05) is 24.4 Å². The van der Waals surface area contributed by atoms with Crippen molar-refractivity contribution in [2.24, 2.45) is 7.05 Å². The molecule has 0 spiro atoms. The first kappa shape index (κ1) is 18.5. The smallest absolute Gasteiger partial charge is 0.239 e. The van der Waals surface area contributed by atoms with Gasteiger partial charge in [0.2, 0.25) is 5.91 Å². The van der Waals surface area contributed by atoms with E-state index in [-0.39, 0.29) is 17.0 Å². The molecule has 0 aliphatic rings. The molecule has 26 heavy (non-hydrogen) atoms. The number of aryl methyl sites for hydroxylation is 1. The fraction of sp³-hybridized carbons (Fsp3) is 0.294. The van der Waals surface area contributed by atoms with E-state index in [2.05, 4.69) is 20.5 Å². The molecule has 0 saturated carbocycles. The average molecular weight is 391 g/mol. The van der Waals surface area contributed by atoms with Crippen molar-refractivity contribution >= 4 is 34.1 Å². The van der Waals surface area contributed by atoms with Crippen molar-refractivity contribution in [3.05, 3.63) is 41.3 Å². The molecule has 0 saturated heterocycles. The molecule has 9 heteroatoms. The van der Waals surface area contributed by atoms with E-state index in [1.54, 1.807) is 12.1 Å². The number of rotatable bonds is 6. The second kappa shape index (κ2) is 7.96. The van der Waals surface area contributed by atoms with E-state index < -0.39 is 0 Å². The van der Waals surface area contributed by atoms with Crippen LogP contribution in [0.1, 0.15) is 19.7 Å².